The van der Waals surface area contributed by atoms with Gasteiger partial charge in [-0.15, -0.1) is 22.7 Å². The van der Waals surface area contributed by atoms with Crippen molar-refractivity contribution in [1.29, 1.82) is 0 Å². The Balaban J connectivity index is 2.40. The van der Waals surface area contributed by atoms with Crippen LogP contribution in [0.4, 0.5) is 17.6 Å². The van der Waals surface area contributed by atoms with Crippen LogP contribution in [0.2, 0.25) is 0 Å². The third-order valence-corrected chi connectivity index (χ3v) is 6.35. The van der Waals surface area contributed by atoms with Gasteiger partial charge in [-0.3, -0.25) is 0 Å². The van der Waals surface area contributed by atoms with Crippen LogP contribution < -0.4 is 0 Å². The third-order valence-electron chi connectivity index (χ3n) is 4.52. The Bertz CT molecular complexity index is 1000. The maximum atomic E-state index is 13.6. The summed E-state index contributed by atoms with van der Waals surface area (Å²) in [5.74, 6) is -1.77. The molecular formula is C20H16F4S2. The van der Waals surface area contributed by atoms with E-state index in [1.165, 1.54) is 12.1 Å². The van der Waals surface area contributed by atoms with Crippen LogP contribution in [-0.4, -0.2) is 0 Å². The van der Waals surface area contributed by atoms with Crippen molar-refractivity contribution < 1.29 is 17.6 Å². The van der Waals surface area contributed by atoms with Crippen molar-refractivity contribution in [3.8, 4) is 20.9 Å². The van der Waals surface area contributed by atoms with Crippen LogP contribution in [0.3, 0.4) is 0 Å². The van der Waals surface area contributed by atoms with Gasteiger partial charge in [0.1, 0.15) is 0 Å². The summed E-state index contributed by atoms with van der Waals surface area (Å²) >= 11 is 1.48. The highest BCUT2D eigenvalue weighted by molar-refractivity contribution is 7.14. The molecule has 0 atom stereocenters. The molecule has 0 fully saturated rings. The van der Waals surface area contributed by atoms with Crippen molar-refractivity contribution in [3.05, 3.63) is 62.9 Å². The molecule has 0 saturated heterocycles. The molecule has 0 aliphatic carbocycles. The molecular weight excluding hydrogens is 380 g/mol. The standard InChI is InChI=1S/C20H16F4S2/c1-8(2)16-11(5)17(14-6-12(21)19(23)25-14)9(3)10(4)18(16)15-7-13(22)20(24)26-15/h6-7H,1H2,2-5H3. The zero-order valence-corrected chi connectivity index (χ0v) is 16.3. The predicted molar refractivity (Wildman–Crippen MR) is 102 cm³/mol. The molecule has 6 heteroatoms. The van der Waals surface area contributed by atoms with Crippen LogP contribution in [0.5, 0.6) is 0 Å². The Kier molecular flexibility index (Phi) is 4.84. The fourth-order valence-electron chi connectivity index (χ4n) is 3.31. The maximum Gasteiger partial charge on any atom is 0.212 e. The van der Waals surface area contributed by atoms with Crippen molar-refractivity contribution in [3.63, 3.8) is 0 Å². The zero-order chi connectivity index (χ0) is 19.3. The lowest BCUT2D eigenvalue weighted by atomic mass is 9.84. The van der Waals surface area contributed by atoms with Gasteiger partial charge < -0.3 is 0 Å². The van der Waals surface area contributed by atoms with Crippen molar-refractivity contribution in [2.75, 3.05) is 0 Å². The first-order chi connectivity index (χ1) is 12.1. The summed E-state index contributed by atoms with van der Waals surface area (Å²) in [4.78, 5) is 0.951. The summed E-state index contributed by atoms with van der Waals surface area (Å²) < 4.78 is 54.4. The first-order valence-electron chi connectivity index (χ1n) is 7.83. The minimum absolute atomic E-state index is 0.469. The first kappa shape index (κ1) is 18.9. The summed E-state index contributed by atoms with van der Waals surface area (Å²) in [6.07, 6.45) is 0. The molecule has 136 valence electrons. The number of thiophene rings is 2. The summed E-state index contributed by atoms with van der Waals surface area (Å²) in [6, 6.07) is 2.36. The number of benzene rings is 1. The molecule has 1 aromatic carbocycles. The molecule has 0 aliphatic rings. The quantitative estimate of drug-likeness (QED) is 0.399. The third kappa shape index (κ3) is 2.91. The highest BCUT2D eigenvalue weighted by Gasteiger charge is 2.24. The second-order valence-electron chi connectivity index (χ2n) is 6.24. The van der Waals surface area contributed by atoms with Crippen LogP contribution in [0.15, 0.2) is 18.7 Å². The Labute approximate surface area is 157 Å². The Morgan fingerprint density at radius 3 is 1.58 bits per heavy atom. The van der Waals surface area contributed by atoms with Crippen molar-refractivity contribution in [2.24, 2.45) is 0 Å². The van der Waals surface area contributed by atoms with E-state index in [0.29, 0.717) is 20.9 Å². The SMILES string of the molecule is C=C(C)c1c(C)c(-c2cc(F)c(F)s2)c(C)c(C)c1-c1cc(F)c(F)s1. The molecule has 2 heterocycles. The normalized spacial score (nSPS) is 11.2. The van der Waals surface area contributed by atoms with E-state index in [4.69, 9.17) is 0 Å². The average Bonchev–Trinajstić information content (AvgIpc) is 3.05. The second kappa shape index (κ2) is 6.67. The average molecular weight is 396 g/mol. The van der Waals surface area contributed by atoms with Crippen LogP contribution >= 0.6 is 22.7 Å². The van der Waals surface area contributed by atoms with Gasteiger partial charge in [0.2, 0.25) is 10.3 Å². The molecule has 26 heavy (non-hydrogen) atoms. The summed E-state index contributed by atoms with van der Waals surface area (Å²) in [6.45, 7) is 11.3. The number of hydrogen-bond donors (Lipinski definition) is 0. The fourth-order valence-corrected chi connectivity index (χ4v) is 5.10. The van der Waals surface area contributed by atoms with Gasteiger partial charge in [0.15, 0.2) is 11.6 Å². The van der Waals surface area contributed by atoms with Gasteiger partial charge in [0, 0.05) is 15.3 Å². The smallest absolute Gasteiger partial charge is 0.203 e. The molecule has 0 bridgehead atoms. The van der Waals surface area contributed by atoms with Gasteiger partial charge in [0.05, 0.1) is 0 Å². The molecule has 0 unspecified atom stereocenters. The zero-order valence-electron chi connectivity index (χ0n) is 14.7. The van der Waals surface area contributed by atoms with E-state index in [0.717, 1.165) is 50.5 Å². The predicted octanol–water partition coefficient (Wildman–Crippen LogP) is 7.66. The lowest BCUT2D eigenvalue weighted by molar-refractivity contribution is 0.531. The van der Waals surface area contributed by atoms with E-state index in [-0.39, 0.29) is 0 Å². The lowest BCUT2D eigenvalue weighted by Gasteiger charge is -2.21. The van der Waals surface area contributed by atoms with Gasteiger partial charge in [-0.25, -0.2) is 8.78 Å². The fraction of sp³-hybridized carbons (Fsp3) is 0.200. The van der Waals surface area contributed by atoms with E-state index in [2.05, 4.69) is 6.58 Å². The maximum absolute atomic E-state index is 13.6. The Hall–Kier alpha value is -1.92. The van der Waals surface area contributed by atoms with Crippen molar-refractivity contribution >= 4 is 28.2 Å². The molecule has 2 aromatic heterocycles. The van der Waals surface area contributed by atoms with Crippen LogP contribution in [0, 0.1) is 42.7 Å². The molecule has 0 saturated carbocycles. The van der Waals surface area contributed by atoms with Gasteiger partial charge in [-0.05, 0) is 67.6 Å². The number of hydrogen-bond acceptors (Lipinski definition) is 2. The summed E-state index contributed by atoms with van der Waals surface area (Å²) in [5.41, 5.74) is 5.31. The van der Waals surface area contributed by atoms with Gasteiger partial charge >= 0.3 is 0 Å². The van der Waals surface area contributed by atoms with E-state index in [1.807, 2.05) is 20.8 Å². The molecule has 0 nitrogen and oxygen atoms in total. The van der Waals surface area contributed by atoms with Crippen molar-refractivity contribution in [1.82, 2.24) is 0 Å². The van der Waals surface area contributed by atoms with E-state index < -0.39 is 21.9 Å². The van der Waals surface area contributed by atoms with E-state index >= 15 is 0 Å². The molecule has 3 rings (SSSR count). The monoisotopic (exact) mass is 396 g/mol. The van der Waals surface area contributed by atoms with Crippen LogP contribution in [-0.2, 0) is 0 Å². The number of halogens is 4. The summed E-state index contributed by atoms with van der Waals surface area (Å²) in [7, 11) is 0. The molecule has 3 aromatic rings. The number of rotatable bonds is 3. The Morgan fingerprint density at radius 1 is 0.769 bits per heavy atom. The second-order valence-corrected chi connectivity index (χ2v) is 8.25. The van der Waals surface area contributed by atoms with Gasteiger partial charge in [0.25, 0.3) is 0 Å². The molecule has 0 amide bonds. The molecule has 0 radical (unpaired) electrons. The minimum atomic E-state index is -0.890. The van der Waals surface area contributed by atoms with Crippen molar-refractivity contribution in [2.45, 2.75) is 27.7 Å². The molecule has 0 spiro atoms. The lowest BCUT2D eigenvalue weighted by Crippen LogP contribution is -2.00. The highest BCUT2D eigenvalue weighted by atomic mass is 32.1. The highest BCUT2D eigenvalue weighted by Crippen LogP contribution is 2.45. The topological polar surface area (TPSA) is 0 Å². The van der Waals surface area contributed by atoms with Gasteiger partial charge in [-0.1, -0.05) is 12.2 Å². The van der Waals surface area contributed by atoms with Crippen LogP contribution in [0.1, 0.15) is 29.2 Å². The largest absolute Gasteiger partial charge is 0.212 e. The number of allylic oxidation sites excluding steroid dienone is 1. The first-order valence-corrected chi connectivity index (χ1v) is 9.46. The van der Waals surface area contributed by atoms with Crippen LogP contribution in [0.25, 0.3) is 26.5 Å². The van der Waals surface area contributed by atoms with E-state index in [1.54, 1.807) is 6.92 Å². The molecule has 0 aliphatic heterocycles. The Morgan fingerprint density at radius 2 is 1.19 bits per heavy atom. The molecule has 0 N–H and O–H groups in total. The van der Waals surface area contributed by atoms with Gasteiger partial charge in [-0.2, -0.15) is 8.78 Å². The summed E-state index contributed by atoms with van der Waals surface area (Å²) in [5, 5.41) is -1.73. The van der Waals surface area contributed by atoms with E-state index in [9.17, 15) is 17.6 Å². The minimum Gasteiger partial charge on any atom is -0.203 e.